The molecule has 1 fully saturated rings. The minimum atomic E-state index is -0.563. The number of hydrogen-bond donors (Lipinski definition) is 2. The van der Waals surface area contributed by atoms with Crippen LogP contribution in [0.3, 0.4) is 0 Å². The topological polar surface area (TPSA) is 81.4 Å². The van der Waals surface area contributed by atoms with Crippen molar-refractivity contribution >= 4 is 11.9 Å². The van der Waals surface area contributed by atoms with Gasteiger partial charge in [-0.2, -0.15) is 0 Å². The van der Waals surface area contributed by atoms with Gasteiger partial charge in [-0.25, -0.2) is 0 Å². The minimum absolute atomic E-state index is 0.173. The van der Waals surface area contributed by atoms with E-state index in [0.29, 0.717) is 25.9 Å². The monoisotopic (exact) mass is 214 g/mol. The molecule has 0 aromatic carbocycles. The standard InChI is InChI=1S/C10H18N2O3/c11-6-2-1-3-7-12-10(14)8-4-5-9(13)15-8/h8H,1-7,11H2,(H,12,14)/t8-/m0/s1. The van der Waals surface area contributed by atoms with Gasteiger partial charge in [0.1, 0.15) is 0 Å². The Labute approximate surface area is 89.3 Å². The summed E-state index contributed by atoms with van der Waals surface area (Å²) in [6.07, 6.45) is 3.21. The van der Waals surface area contributed by atoms with Crippen LogP contribution in [0.15, 0.2) is 0 Å². The normalized spacial score (nSPS) is 20.1. The lowest BCUT2D eigenvalue weighted by molar-refractivity contribution is -0.148. The van der Waals surface area contributed by atoms with Crippen molar-refractivity contribution < 1.29 is 14.3 Å². The number of rotatable bonds is 6. The molecular formula is C10H18N2O3. The maximum Gasteiger partial charge on any atom is 0.306 e. The van der Waals surface area contributed by atoms with E-state index in [1.165, 1.54) is 0 Å². The molecule has 1 rings (SSSR count). The van der Waals surface area contributed by atoms with E-state index in [4.69, 9.17) is 10.5 Å². The Bertz CT molecular complexity index is 231. The molecule has 0 saturated carbocycles. The van der Waals surface area contributed by atoms with Crippen molar-refractivity contribution in [2.24, 2.45) is 5.73 Å². The Kier molecular flexibility index (Phi) is 5.10. The predicted octanol–water partition coefficient (Wildman–Crippen LogP) is -0.0628. The summed E-state index contributed by atoms with van der Waals surface area (Å²) in [5.41, 5.74) is 5.34. The zero-order valence-electron chi connectivity index (χ0n) is 8.83. The maximum absolute atomic E-state index is 11.4. The molecule has 0 aromatic rings. The molecule has 1 saturated heterocycles. The quantitative estimate of drug-likeness (QED) is 0.479. The predicted molar refractivity (Wildman–Crippen MR) is 55.0 cm³/mol. The molecule has 1 aliphatic heterocycles. The van der Waals surface area contributed by atoms with Crippen molar-refractivity contribution in [3.05, 3.63) is 0 Å². The van der Waals surface area contributed by atoms with E-state index in [1.807, 2.05) is 0 Å². The molecule has 0 unspecified atom stereocenters. The highest BCUT2D eigenvalue weighted by molar-refractivity contribution is 5.86. The van der Waals surface area contributed by atoms with Gasteiger partial charge in [-0.3, -0.25) is 9.59 Å². The van der Waals surface area contributed by atoms with Gasteiger partial charge in [-0.1, -0.05) is 6.42 Å². The summed E-state index contributed by atoms with van der Waals surface area (Å²) in [6, 6.07) is 0. The van der Waals surface area contributed by atoms with Crippen molar-refractivity contribution in [2.75, 3.05) is 13.1 Å². The summed E-state index contributed by atoms with van der Waals surface area (Å²) in [6.45, 7) is 1.32. The van der Waals surface area contributed by atoms with Gasteiger partial charge in [0.05, 0.1) is 0 Å². The van der Waals surface area contributed by atoms with Crippen LogP contribution >= 0.6 is 0 Å². The third-order valence-electron chi connectivity index (χ3n) is 2.36. The maximum atomic E-state index is 11.4. The zero-order valence-corrected chi connectivity index (χ0v) is 8.83. The highest BCUT2D eigenvalue weighted by Gasteiger charge is 2.29. The molecule has 0 spiro atoms. The number of amides is 1. The van der Waals surface area contributed by atoms with Gasteiger partial charge in [0, 0.05) is 19.4 Å². The molecule has 1 aliphatic rings. The zero-order chi connectivity index (χ0) is 11.1. The van der Waals surface area contributed by atoms with Gasteiger partial charge in [0.15, 0.2) is 6.10 Å². The summed E-state index contributed by atoms with van der Waals surface area (Å²) >= 11 is 0. The molecule has 1 atom stereocenters. The van der Waals surface area contributed by atoms with E-state index in [2.05, 4.69) is 5.32 Å². The fourth-order valence-corrected chi connectivity index (χ4v) is 1.48. The Morgan fingerprint density at radius 3 is 2.87 bits per heavy atom. The second-order valence-electron chi connectivity index (χ2n) is 3.66. The van der Waals surface area contributed by atoms with Crippen molar-refractivity contribution in [3.63, 3.8) is 0 Å². The van der Waals surface area contributed by atoms with Crippen molar-refractivity contribution in [3.8, 4) is 0 Å². The van der Waals surface area contributed by atoms with Gasteiger partial charge >= 0.3 is 5.97 Å². The molecule has 1 heterocycles. The van der Waals surface area contributed by atoms with Crippen LogP contribution in [0.25, 0.3) is 0 Å². The number of cyclic esters (lactones) is 1. The van der Waals surface area contributed by atoms with Gasteiger partial charge in [0.25, 0.3) is 5.91 Å². The van der Waals surface area contributed by atoms with E-state index in [0.717, 1.165) is 19.3 Å². The fourth-order valence-electron chi connectivity index (χ4n) is 1.48. The van der Waals surface area contributed by atoms with E-state index in [1.54, 1.807) is 0 Å². The first-order chi connectivity index (χ1) is 7.24. The number of carbonyl (C=O) groups is 2. The largest absolute Gasteiger partial charge is 0.452 e. The van der Waals surface area contributed by atoms with Crippen LogP contribution in [0, 0.1) is 0 Å². The lowest BCUT2D eigenvalue weighted by atomic mass is 10.2. The first kappa shape index (κ1) is 12.0. The smallest absolute Gasteiger partial charge is 0.306 e. The van der Waals surface area contributed by atoms with Gasteiger partial charge in [0.2, 0.25) is 0 Å². The molecule has 5 nitrogen and oxygen atoms in total. The summed E-state index contributed by atoms with van der Waals surface area (Å²) in [5, 5.41) is 2.75. The Morgan fingerprint density at radius 1 is 1.47 bits per heavy atom. The Balaban J connectivity index is 2.06. The van der Waals surface area contributed by atoms with Gasteiger partial charge in [-0.05, 0) is 19.4 Å². The number of carbonyl (C=O) groups excluding carboxylic acids is 2. The number of hydrogen-bond acceptors (Lipinski definition) is 4. The SMILES string of the molecule is NCCCCCNC(=O)[C@@H]1CCC(=O)O1. The first-order valence-corrected chi connectivity index (χ1v) is 5.41. The van der Waals surface area contributed by atoms with E-state index in [9.17, 15) is 9.59 Å². The average Bonchev–Trinajstić information content (AvgIpc) is 2.64. The lowest BCUT2D eigenvalue weighted by Crippen LogP contribution is -2.35. The minimum Gasteiger partial charge on any atom is -0.452 e. The summed E-state index contributed by atoms with van der Waals surface area (Å²) in [4.78, 5) is 22.2. The number of nitrogens with one attached hydrogen (secondary N) is 1. The van der Waals surface area contributed by atoms with Crippen molar-refractivity contribution in [1.82, 2.24) is 5.32 Å². The van der Waals surface area contributed by atoms with Crippen LogP contribution < -0.4 is 11.1 Å². The number of unbranched alkanes of at least 4 members (excludes halogenated alkanes) is 2. The van der Waals surface area contributed by atoms with Crippen LogP contribution in [0.5, 0.6) is 0 Å². The van der Waals surface area contributed by atoms with Crippen LogP contribution in [0.1, 0.15) is 32.1 Å². The average molecular weight is 214 g/mol. The summed E-state index contributed by atoms with van der Waals surface area (Å²) in [7, 11) is 0. The Hall–Kier alpha value is -1.10. The molecule has 3 N–H and O–H groups in total. The number of nitrogens with two attached hydrogens (primary N) is 1. The van der Waals surface area contributed by atoms with Crippen LogP contribution in [0.2, 0.25) is 0 Å². The lowest BCUT2D eigenvalue weighted by Gasteiger charge is -2.09. The second-order valence-corrected chi connectivity index (χ2v) is 3.66. The first-order valence-electron chi connectivity index (χ1n) is 5.41. The molecule has 86 valence electrons. The fraction of sp³-hybridized carbons (Fsp3) is 0.800. The van der Waals surface area contributed by atoms with E-state index < -0.39 is 6.10 Å². The van der Waals surface area contributed by atoms with Gasteiger partial charge < -0.3 is 15.8 Å². The summed E-state index contributed by atoms with van der Waals surface area (Å²) in [5.74, 6) is -0.452. The molecule has 15 heavy (non-hydrogen) atoms. The molecule has 5 heteroatoms. The van der Waals surface area contributed by atoms with E-state index in [-0.39, 0.29) is 11.9 Å². The van der Waals surface area contributed by atoms with Gasteiger partial charge in [-0.15, -0.1) is 0 Å². The van der Waals surface area contributed by atoms with Crippen LogP contribution in [0.4, 0.5) is 0 Å². The van der Waals surface area contributed by atoms with Crippen molar-refractivity contribution in [1.29, 1.82) is 0 Å². The molecule has 0 aromatic heterocycles. The Morgan fingerprint density at radius 2 is 2.27 bits per heavy atom. The van der Waals surface area contributed by atoms with E-state index >= 15 is 0 Å². The molecule has 0 aliphatic carbocycles. The number of esters is 1. The molecule has 0 bridgehead atoms. The molecule has 0 radical (unpaired) electrons. The highest BCUT2D eigenvalue weighted by Crippen LogP contribution is 2.13. The molecular weight excluding hydrogens is 196 g/mol. The third kappa shape index (κ3) is 4.29. The van der Waals surface area contributed by atoms with Crippen LogP contribution in [-0.4, -0.2) is 31.1 Å². The molecule has 1 amide bonds. The summed E-state index contributed by atoms with van der Waals surface area (Å²) < 4.78 is 4.83. The second kappa shape index (κ2) is 6.40. The third-order valence-corrected chi connectivity index (χ3v) is 2.36. The van der Waals surface area contributed by atoms with Crippen LogP contribution in [-0.2, 0) is 14.3 Å². The van der Waals surface area contributed by atoms with Crippen molar-refractivity contribution in [2.45, 2.75) is 38.2 Å². The highest BCUT2D eigenvalue weighted by atomic mass is 16.6. The number of ether oxygens (including phenoxy) is 1.